The molecule has 0 saturated carbocycles. The van der Waals surface area contributed by atoms with E-state index in [0.717, 1.165) is 68.6 Å². The van der Waals surface area contributed by atoms with Gasteiger partial charge in [0.25, 0.3) is 0 Å². The minimum atomic E-state index is 0.120. The number of carbonyl (C=O) groups is 1. The molecule has 5 heteroatoms. The first-order valence-corrected chi connectivity index (χ1v) is 13.5. The average molecular weight is 533 g/mol. The Balaban J connectivity index is 1.04. The number of carbonyl (C=O) groups excluding carboxylic acids is 1. The van der Waals surface area contributed by atoms with Gasteiger partial charge >= 0.3 is 0 Å². The normalized spacial score (nSPS) is 17.2. The fourth-order valence-electron chi connectivity index (χ4n) is 5.29. The van der Waals surface area contributed by atoms with Gasteiger partial charge < -0.3 is 5.32 Å². The molecule has 1 N–H and O–H groups in total. The van der Waals surface area contributed by atoms with Gasteiger partial charge in [-0.1, -0.05) is 76.6 Å². The van der Waals surface area contributed by atoms with Gasteiger partial charge in [0, 0.05) is 43.1 Å². The molecule has 2 aliphatic heterocycles. The molecule has 5 rings (SSSR count). The van der Waals surface area contributed by atoms with E-state index in [0.29, 0.717) is 6.54 Å². The molecule has 3 aromatic rings. The largest absolute Gasteiger partial charge is 0.352 e. The van der Waals surface area contributed by atoms with Crippen molar-refractivity contribution in [1.29, 1.82) is 0 Å². The van der Waals surface area contributed by atoms with E-state index in [2.05, 4.69) is 104 Å². The molecule has 35 heavy (non-hydrogen) atoms. The topological polar surface area (TPSA) is 35.6 Å². The van der Waals surface area contributed by atoms with E-state index in [4.69, 9.17) is 0 Å². The summed E-state index contributed by atoms with van der Waals surface area (Å²) in [5.41, 5.74) is 6.76. The Labute approximate surface area is 217 Å². The zero-order chi connectivity index (χ0) is 24.0. The number of rotatable bonds is 7. The van der Waals surface area contributed by atoms with Crippen molar-refractivity contribution >= 4 is 21.8 Å². The van der Waals surface area contributed by atoms with Crippen LogP contribution in [0.15, 0.2) is 77.3 Å². The Morgan fingerprint density at radius 1 is 0.800 bits per heavy atom. The van der Waals surface area contributed by atoms with Gasteiger partial charge in [0.05, 0.1) is 0 Å². The molecule has 0 bridgehead atoms. The summed E-state index contributed by atoms with van der Waals surface area (Å²) in [7, 11) is 0. The summed E-state index contributed by atoms with van der Waals surface area (Å²) in [6, 6.07) is 26.0. The highest BCUT2D eigenvalue weighted by Gasteiger charge is 2.24. The lowest BCUT2D eigenvalue weighted by Gasteiger charge is -2.31. The lowest BCUT2D eigenvalue weighted by molar-refractivity contribution is -0.126. The maximum absolute atomic E-state index is 12.8. The molecule has 1 amide bonds. The second-order valence-electron chi connectivity index (χ2n) is 9.94. The van der Waals surface area contributed by atoms with Crippen LogP contribution in [0.2, 0.25) is 0 Å². The first kappa shape index (κ1) is 24.2. The van der Waals surface area contributed by atoms with Gasteiger partial charge in [-0.3, -0.25) is 14.6 Å². The van der Waals surface area contributed by atoms with Crippen molar-refractivity contribution in [3.8, 4) is 0 Å². The highest BCUT2D eigenvalue weighted by atomic mass is 79.9. The van der Waals surface area contributed by atoms with Crippen molar-refractivity contribution in [2.24, 2.45) is 5.92 Å². The highest BCUT2D eigenvalue weighted by Crippen LogP contribution is 2.22. The van der Waals surface area contributed by atoms with Crippen LogP contribution in [0.1, 0.15) is 40.7 Å². The monoisotopic (exact) mass is 531 g/mol. The lowest BCUT2D eigenvalue weighted by atomic mass is 9.95. The van der Waals surface area contributed by atoms with E-state index in [1.807, 2.05) is 0 Å². The van der Waals surface area contributed by atoms with E-state index in [1.165, 1.54) is 22.3 Å². The number of nitrogens with one attached hydrogen (secondary N) is 1. The van der Waals surface area contributed by atoms with E-state index in [-0.39, 0.29) is 11.8 Å². The number of benzene rings is 3. The molecule has 0 spiro atoms. The number of halogens is 1. The first-order chi connectivity index (χ1) is 17.1. The van der Waals surface area contributed by atoms with E-state index in [1.54, 1.807) is 0 Å². The van der Waals surface area contributed by atoms with E-state index in [9.17, 15) is 4.79 Å². The van der Waals surface area contributed by atoms with Gasteiger partial charge in [0.1, 0.15) is 0 Å². The van der Waals surface area contributed by atoms with Gasteiger partial charge in [0.2, 0.25) is 5.91 Å². The van der Waals surface area contributed by atoms with Crippen LogP contribution in [0.3, 0.4) is 0 Å². The summed E-state index contributed by atoms with van der Waals surface area (Å²) < 4.78 is 1.12. The summed E-state index contributed by atoms with van der Waals surface area (Å²) in [4.78, 5) is 17.7. The van der Waals surface area contributed by atoms with Crippen LogP contribution >= 0.6 is 15.9 Å². The molecule has 4 nitrogen and oxygen atoms in total. The minimum absolute atomic E-state index is 0.120. The fourth-order valence-corrected chi connectivity index (χ4v) is 5.74. The molecule has 1 fully saturated rings. The predicted octanol–water partition coefficient (Wildman–Crippen LogP) is 5.54. The number of amides is 1. The third-order valence-corrected chi connectivity index (χ3v) is 7.85. The summed E-state index contributed by atoms with van der Waals surface area (Å²) >= 11 is 3.55. The first-order valence-electron chi connectivity index (χ1n) is 12.7. The summed E-state index contributed by atoms with van der Waals surface area (Å²) in [5.74, 6) is 0.318. The summed E-state index contributed by atoms with van der Waals surface area (Å²) in [6.45, 7) is 6.60. The van der Waals surface area contributed by atoms with Crippen molar-refractivity contribution in [3.05, 3.63) is 105 Å². The molecule has 0 aromatic heterocycles. The van der Waals surface area contributed by atoms with Crippen molar-refractivity contribution < 1.29 is 4.79 Å². The molecule has 182 valence electrons. The van der Waals surface area contributed by atoms with Gasteiger partial charge in [-0.2, -0.15) is 0 Å². The standard InChI is InChI=1S/C30H34BrN3O/c31-29-7-3-4-25(18-29)21-33-15-13-27(14-16-33)30(35)32-19-23-8-10-24(11-9-23)20-34-17-12-26-5-1-2-6-28(26)22-34/h1-11,18,27H,12-17,19-22H2,(H,32,35). The number of hydrogen-bond acceptors (Lipinski definition) is 3. The number of nitrogens with zero attached hydrogens (tertiary/aromatic N) is 2. The van der Waals surface area contributed by atoms with Crippen LogP contribution in [0.4, 0.5) is 0 Å². The summed E-state index contributed by atoms with van der Waals surface area (Å²) in [5, 5.41) is 3.18. The summed E-state index contributed by atoms with van der Waals surface area (Å²) in [6.07, 6.45) is 2.98. The third kappa shape index (κ3) is 6.60. The molecule has 1 saturated heterocycles. The SMILES string of the molecule is O=C(NCc1ccc(CN2CCc3ccccc3C2)cc1)C1CCN(Cc2cccc(Br)c2)CC1. The molecule has 0 radical (unpaired) electrons. The van der Waals surface area contributed by atoms with E-state index < -0.39 is 0 Å². The molecule has 0 unspecified atom stereocenters. The molecule has 0 atom stereocenters. The maximum Gasteiger partial charge on any atom is 0.223 e. The maximum atomic E-state index is 12.8. The van der Waals surface area contributed by atoms with Gasteiger partial charge in [-0.05, 0) is 72.3 Å². The zero-order valence-corrected chi connectivity index (χ0v) is 21.8. The van der Waals surface area contributed by atoms with Crippen molar-refractivity contribution in [2.75, 3.05) is 19.6 Å². The van der Waals surface area contributed by atoms with E-state index >= 15 is 0 Å². The Kier molecular flexibility index (Phi) is 7.97. The second-order valence-corrected chi connectivity index (χ2v) is 10.9. The Morgan fingerprint density at radius 3 is 2.29 bits per heavy atom. The predicted molar refractivity (Wildman–Crippen MR) is 145 cm³/mol. The number of piperidine rings is 1. The third-order valence-electron chi connectivity index (χ3n) is 7.36. The Hall–Kier alpha value is -2.47. The van der Waals surface area contributed by atoms with Crippen LogP contribution in [-0.2, 0) is 37.4 Å². The van der Waals surface area contributed by atoms with Crippen molar-refractivity contribution in [3.63, 3.8) is 0 Å². The molecule has 2 aliphatic rings. The van der Waals surface area contributed by atoms with Crippen molar-refractivity contribution in [1.82, 2.24) is 15.1 Å². The molecule has 3 aromatic carbocycles. The fraction of sp³-hybridized carbons (Fsp3) is 0.367. The van der Waals surface area contributed by atoms with Gasteiger partial charge in [0.15, 0.2) is 0 Å². The second kappa shape index (κ2) is 11.5. The number of hydrogen-bond donors (Lipinski definition) is 1. The lowest BCUT2D eigenvalue weighted by Crippen LogP contribution is -2.40. The van der Waals surface area contributed by atoms with Gasteiger partial charge in [-0.15, -0.1) is 0 Å². The van der Waals surface area contributed by atoms with Crippen LogP contribution in [-0.4, -0.2) is 35.3 Å². The minimum Gasteiger partial charge on any atom is -0.352 e. The number of likely N-dealkylation sites (tertiary alicyclic amines) is 1. The Bertz CT molecular complexity index is 1140. The molecular formula is C30H34BrN3O. The Morgan fingerprint density at radius 2 is 1.51 bits per heavy atom. The van der Waals surface area contributed by atoms with Crippen LogP contribution in [0, 0.1) is 5.92 Å². The molecule has 2 heterocycles. The van der Waals surface area contributed by atoms with Gasteiger partial charge in [-0.25, -0.2) is 0 Å². The zero-order valence-electron chi connectivity index (χ0n) is 20.3. The highest BCUT2D eigenvalue weighted by molar-refractivity contribution is 9.10. The van der Waals surface area contributed by atoms with Crippen LogP contribution in [0.25, 0.3) is 0 Å². The quantitative estimate of drug-likeness (QED) is 0.435. The van der Waals surface area contributed by atoms with Crippen molar-refractivity contribution in [2.45, 2.75) is 45.4 Å². The number of fused-ring (bicyclic) bond motifs is 1. The van der Waals surface area contributed by atoms with Crippen LogP contribution in [0.5, 0.6) is 0 Å². The smallest absolute Gasteiger partial charge is 0.223 e. The van der Waals surface area contributed by atoms with Crippen LogP contribution < -0.4 is 5.32 Å². The molecular weight excluding hydrogens is 498 g/mol. The molecule has 0 aliphatic carbocycles. The average Bonchev–Trinajstić information content (AvgIpc) is 2.88.